The smallest absolute Gasteiger partial charge is 0.338 e. The number of esters is 1. The van der Waals surface area contributed by atoms with Crippen molar-refractivity contribution in [1.82, 2.24) is 10.1 Å². The van der Waals surface area contributed by atoms with Gasteiger partial charge in [0.2, 0.25) is 11.7 Å². The quantitative estimate of drug-likeness (QED) is 0.517. The minimum absolute atomic E-state index is 0.0266. The molecule has 0 fully saturated rings. The van der Waals surface area contributed by atoms with E-state index in [1.165, 1.54) is 24.3 Å². The van der Waals surface area contributed by atoms with Gasteiger partial charge >= 0.3 is 5.97 Å². The van der Waals surface area contributed by atoms with Gasteiger partial charge in [0.25, 0.3) is 5.91 Å². The van der Waals surface area contributed by atoms with Gasteiger partial charge in [0.1, 0.15) is 5.75 Å². The van der Waals surface area contributed by atoms with E-state index in [-0.39, 0.29) is 22.8 Å². The summed E-state index contributed by atoms with van der Waals surface area (Å²) >= 11 is 0. The van der Waals surface area contributed by atoms with Gasteiger partial charge in [-0.05, 0) is 36.4 Å². The molecule has 0 unspecified atom stereocenters. The Morgan fingerprint density at radius 3 is 2.45 bits per heavy atom. The molecule has 0 spiro atoms. The molecule has 0 radical (unpaired) electrons. The van der Waals surface area contributed by atoms with E-state index in [1.54, 1.807) is 31.2 Å². The highest BCUT2D eigenvalue weighted by Gasteiger charge is 2.16. The maximum absolute atomic E-state index is 12.1. The van der Waals surface area contributed by atoms with Crippen molar-refractivity contribution in [2.24, 2.45) is 0 Å². The first-order valence-electron chi connectivity index (χ1n) is 9.00. The molecular weight excluding hydrogens is 426 g/mol. The molecule has 2 aromatic carbocycles. The Labute approximate surface area is 178 Å². The van der Waals surface area contributed by atoms with E-state index in [0.29, 0.717) is 17.5 Å². The molecule has 31 heavy (non-hydrogen) atoms. The summed E-state index contributed by atoms with van der Waals surface area (Å²) in [6, 6.07) is 12.0. The Kier molecular flexibility index (Phi) is 6.65. The molecule has 3 rings (SSSR count). The normalized spacial score (nSPS) is 11.0. The lowest BCUT2D eigenvalue weighted by Gasteiger charge is -2.10. The summed E-state index contributed by atoms with van der Waals surface area (Å²) in [4.78, 5) is 28.2. The summed E-state index contributed by atoms with van der Waals surface area (Å²) in [5.41, 5.74) is 0.330. The number of carbonyl (C=O) groups excluding carboxylic acids is 2. The Bertz CT molecular complexity index is 1190. The number of aromatic nitrogens is 2. The Balaban J connectivity index is 1.52. The number of ether oxygens (including phenoxy) is 2. The second-order valence-corrected chi connectivity index (χ2v) is 8.42. The molecule has 0 aliphatic rings. The molecule has 0 aliphatic carbocycles. The molecule has 1 amide bonds. The van der Waals surface area contributed by atoms with Gasteiger partial charge in [-0.2, -0.15) is 4.98 Å². The van der Waals surface area contributed by atoms with Crippen molar-refractivity contribution in [1.29, 1.82) is 0 Å². The molecule has 10 nitrogen and oxygen atoms in total. The third-order valence-corrected chi connectivity index (χ3v) is 5.08. The van der Waals surface area contributed by atoms with E-state index in [1.807, 2.05) is 0 Å². The van der Waals surface area contributed by atoms with Gasteiger partial charge < -0.3 is 19.3 Å². The van der Waals surface area contributed by atoms with Gasteiger partial charge in [-0.25, -0.2) is 13.2 Å². The number of hydrogen-bond acceptors (Lipinski definition) is 9. The van der Waals surface area contributed by atoms with Crippen LogP contribution in [0.3, 0.4) is 0 Å². The summed E-state index contributed by atoms with van der Waals surface area (Å²) in [7, 11) is -3.53. The average molecular weight is 445 g/mol. The predicted molar refractivity (Wildman–Crippen MR) is 108 cm³/mol. The van der Waals surface area contributed by atoms with Crippen LogP contribution in [0.1, 0.15) is 22.1 Å². The summed E-state index contributed by atoms with van der Waals surface area (Å²) in [5, 5.41) is 6.14. The highest BCUT2D eigenvalue weighted by Crippen LogP contribution is 2.20. The first kappa shape index (κ1) is 22.0. The third-order valence-electron chi connectivity index (χ3n) is 3.92. The Hall–Kier alpha value is -3.73. The Morgan fingerprint density at radius 2 is 1.81 bits per heavy atom. The van der Waals surface area contributed by atoms with E-state index in [0.717, 1.165) is 6.26 Å². The molecule has 0 bridgehead atoms. The molecule has 162 valence electrons. The van der Waals surface area contributed by atoms with Crippen molar-refractivity contribution < 1.29 is 32.0 Å². The maximum Gasteiger partial charge on any atom is 0.338 e. The van der Waals surface area contributed by atoms with Crippen molar-refractivity contribution in [3.63, 3.8) is 0 Å². The number of para-hydroxylation sites is 1. The van der Waals surface area contributed by atoms with Gasteiger partial charge in [-0.1, -0.05) is 17.3 Å². The van der Waals surface area contributed by atoms with Crippen LogP contribution in [0.4, 0.5) is 5.69 Å². The summed E-state index contributed by atoms with van der Waals surface area (Å²) in [6.45, 7) is 1.20. The fraction of sp³-hybridized carbons (Fsp3) is 0.200. The van der Waals surface area contributed by atoms with Gasteiger partial charge in [-0.3, -0.25) is 4.79 Å². The van der Waals surface area contributed by atoms with E-state index in [9.17, 15) is 18.0 Å². The van der Waals surface area contributed by atoms with Gasteiger partial charge in [0.05, 0.1) is 16.1 Å². The number of sulfone groups is 1. The molecule has 1 N–H and O–H groups in total. The maximum atomic E-state index is 12.1. The standard InChI is InChI=1S/C20H19N3O7S/c1-13-21-18(23-30-13)11-28-15-9-7-14(8-10-15)20(25)29-12-19(24)22-16-5-3-4-6-17(16)31(2,26)27/h3-10H,11-12H2,1-2H3,(H,22,24). The number of nitrogens with zero attached hydrogens (tertiary/aromatic N) is 2. The van der Waals surface area contributed by atoms with Crippen molar-refractivity contribution in [3.05, 3.63) is 65.8 Å². The first-order chi connectivity index (χ1) is 14.7. The van der Waals surface area contributed by atoms with Crippen molar-refractivity contribution >= 4 is 27.4 Å². The second-order valence-electron chi connectivity index (χ2n) is 6.44. The van der Waals surface area contributed by atoms with Crippen LogP contribution in [0, 0.1) is 6.92 Å². The fourth-order valence-electron chi connectivity index (χ4n) is 2.53. The zero-order valence-corrected chi connectivity index (χ0v) is 17.5. The van der Waals surface area contributed by atoms with Crippen LogP contribution in [0.2, 0.25) is 0 Å². The van der Waals surface area contributed by atoms with E-state index in [2.05, 4.69) is 15.5 Å². The molecule has 0 aliphatic heterocycles. The van der Waals surface area contributed by atoms with Crippen molar-refractivity contribution in [2.45, 2.75) is 18.4 Å². The fourth-order valence-corrected chi connectivity index (χ4v) is 3.37. The summed E-state index contributed by atoms with van der Waals surface area (Å²) in [6.07, 6.45) is 1.04. The molecular formula is C20H19N3O7S. The SMILES string of the molecule is Cc1nc(COc2ccc(C(=O)OCC(=O)Nc3ccccc3S(C)(=O)=O)cc2)no1. The summed E-state index contributed by atoms with van der Waals surface area (Å²) in [5.74, 6) is -0.0780. The molecule has 3 aromatic rings. The third kappa shape index (κ3) is 6.12. The lowest BCUT2D eigenvalue weighted by Crippen LogP contribution is -2.22. The van der Waals surface area contributed by atoms with Crippen LogP contribution in [0.15, 0.2) is 57.9 Å². The van der Waals surface area contributed by atoms with Crippen LogP contribution in [-0.4, -0.2) is 43.3 Å². The predicted octanol–water partition coefficient (Wildman–Crippen LogP) is 2.16. The molecule has 1 aromatic heterocycles. The first-order valence-corrected chi connectivity index (χ1v) is 10.9. The van der Waals surface area contributed by atoms with Crippen molar-refractivity contribution in [3.8, 4) is 5.75 Å². The van der Waals surface area contributed by atoms with Crippen molar-refractivity contribution in [2.75, 3.05) is 18.2 Å². The lowest BCUT2D eigenvalue weighted by atomic mass is 10.2. The number of benzene rings is 2. The van der Waals surface area contributed by atoms with Crippen LogP contribution in [0.5, 0.6) is 5.75 Å². The molecule has 0 saturated carbocycles. The minimum Gasteiger partial charge on any atom is -0.485 e. The number of amides is 1. The molecule has 0 atom stereocenters. The number of nitrogens with one attached hydrogen (secondary N) is 1. The number of rotatable bonds is 8. The zero-order valence-electron chi connectivity index (χ0n) is 16.7. The number of carbonyl (C=O) groups is 2. The molecule has 0 saturated heterocycles. The highest BCUT2D eigenvalue weighted by molar-refractivity contribution is 7.90. The van der Waals surface area contributed by atoms with Gasteiger partial charge in [-0.15, -0.1) is 0 Å². The monoisotopic (exact) mass is 445 g/mol. The number of hydrogen-bond donors (Lipinski definition) is 1. The summed E-state index contributed by atoms with van der Waals surface area (Å²) < 4.78 is 38.9. The second kappa shape index (κ2) is 9.39. The average Bonchev–Trinajstić information content (AvgIpc) is 3.15. The largest absolute Gasteiger partial charge is 0.485 e. The molecule has 11 heteroatoms. The number of aryl methyl sites for hydroxylation is 1. The lowest BCUT2D eigenvalue weighted by molar-refractivity contribution is -0.119. The van der Waals surface area contributed by atoms with E-state index >= 15 is 0 Å². The van der Waals surface area contributed by atoms with Crippen LogP contribution >= 0.6 is 0 Å². The van der Waals surface area contributed by atoms with Crippen LogP contribution in [-0.2, 0) is 26.0 Å². The van der Waals surface area contributed by atoms with Crippen LogP contribution in [0.25, 0.3) is 0 Å². The topological polar surface area (TPSA) is 138 Å². The van der Waals surface area contributed by atoms with E-state index in [4.69, 9.17) is 14.0 Å². The van der Waals surface area contributed by atoms with Crippen LogP contribution < -0.4 is 10.1 Å². The molecule has 1 heterocycles. The number of anilines is 1. The Morgan fingerprint density at radius 1 is 1.10 bits per heavy atom. The minimum atomic E-state index is -3.53. The van der Waals surface area contributed by atoms with Gasteiger partial charge in [0, 0.05) is 13.2 Å². The highest BCUT2D eigenvalue weighted by atomic mass is 32.2. The van der Waals surface area contributed by atoms with Gasteiger partial charge in [0.15, 0.2) is 23.1 Å². The zero-order chi connectivity index (χ0) is 22.4. The van der Waals surface area contributed by atoms with E-state index < -0.39 is 28.3 Å².